The van der Waals surface area contributed by atoms with Gasteiger partial charge in [0.15, 0.2) is 0 Å². The van der Waals surface area contributed by atoms with Crippen molar-refractivity contribution in [3.8, 4) is 0 Å². The van der Waals surface area contributed by atoms with Crippen LogP contribution in [0.5, 0.6) is 0 Å². The largest absolute Gasteiger partial charge is 0.381 e. The van der Waals surface area contributed by atoms with E-state index in [-0.39, 0.29) is 0 Å². The summed E-state index contributed by atoms with van der Waals surface area (Å²) < 4.78 is 7.51. The van der Waals surface area contributed by atoms with Crippen LogP contribution in [0.15, 0.2) is 12.4 Å². The van der Waals surface area contributed by atoms with Crippen molar-refractivity contribution in [3.05, 3.63) is 18.2 Å². The van der Waals surface area contributed by atoms with Crippen molar-refractivity contribution >= 4 is 0 Å². The van der Waals surface area contributed by atoms with Crippen molar-refractivity contribution < 1.29 is 4.74 Å². The number of hydrogen-bond acceptors (Lipinski definition) is 3. The molecule has 1 aromatic heterocycles. The second-order valence-corrected chi connectivity index (χ2v) is 4.18. The molecule has 2 heterocycles. The second-order valence-electron chi connectivity index (χ2n) is 4.18. The van der Waals surface area contributed by atoms with Gasteiger partial charge >= 0.3 is 0 Å². The van der Waals surface area contributed by atoms with E-state index in [1.165, 1.54) is 0 Å². The van der Waals surface area contributed by atoms with Gasteiger partial charge in [-0.2, -0.15) is 0 Å². The zero-order valence-electron chi connectivity index (χ0n) is 9.44. The first-order chi connectivity index (χ1) is 7.31. The maximum Gasteiger partial charge on any atom is 0.109 e. The van der Waals surface area contributed by atoms with Crippen LogP contribution in [0, 0.1) is 5.92 Å². The number of likely N-dealkylation sites (N-methyl/N-ethyl adjacent to an activating group) is 1. The quantitative estimate of drug-likeness (QED) is 0.788. The van der Waals surface area contributed by atoms with Crippen molar-refractivity contribution in [1.29, 1.82) is 0 Å². The Morgan fingerprint density at radius 2 is 2.60 bits per heavy atom. The zero-order valence-corrected chi connectivity index (χ0v) is 9.44. The van der Waals surface area contributed by atoms with Gasteiger partial charge < -0.3 is 14.6 Å². The number of aryl methyl sites for hydroxylation is 1. The van der Waals surface area contributed by atoms with E-state index in [9.17, 15) is 0 Å². The van der Waals surface area contributed by atoms with Crippen molar-refractivity contribution in [3.63, 3.8) is 0 Å². The Labute approximate surface area is 90.6 Å². The van der Waals surface area contributed by atoms with Gasteiger partial charge in [0.25, 0.3) is 0 Å². The van der Waals surface area contributed by atoms with Gasteiger partial charge in [-0.25, -0.2) is 4.98 Å². The Balaban J connectivity index is 1.98. The number of nitrogens with one attached hydrogen (secondary N) is 1. The lowest BCUT2D eigenvalue weighted by molar-refractivity contribution is 0.177. The molecule has 2 atom stereocenters. The third-order valence-electron chi connectivity index (χ3n) is 3.23. The summed E-state index contributed by atoms with van der Waals surface area (Å²) in [6, 6.07) is 0.480. The molecule has 0 amide bonds. The molecule has 1 aliphatic heterocycles. The van der Waals surface area contributed by atoms with E-state index in [1.807, 2.05) is 26.5 Å². The van der Waals surface area contributed by atoms with E-state index in [0.717, 1.165) is 31.9 Å². The minimum absolute atomic E-state index is 0.480. The van der Waals surface area contributed by atoms with E-state index in [2.05, 4.69) is 14.9 Å². The average molecular weight is 209 g/mol. The van der Waals surface area contributed by atoms with E-state index in [0.29, 0.717) is 12.0 Å². The topological polar surface area (TPSA) is 39.1 Å². The van der Waals surface area contributed by atoms with Crippen LogP contribution in [0.3, 0.4) is 0 Å². The highest BCUT2D eigenvalue weighted by Crippen LogP contribution is 2.18. The molecule has 0 aromatic carbocycles. The molecule has 4 heteroatoms. The van der Waals surface area contributed by atoms with E-state index in [4.69, 9.17) is 4.74 Å². The van der Waals surface area contributed by atoms with Gasteiger partial charge in [-0.3, -0.25) is 0 Å². The van der Waals surface area contributed by atoms with Crippen molar-refractivity contribution in [1.82, 2.24) is 14.9 Å². The fourth-order valence-electron chi connectivity index (χ4n) is 2.16. The summed E-state index contributed by atoms with van der Waals surface area (Å²) in [6.07, 6.45) is 5.99. The van der Waals surface area contributed by atoms with E-state index >= 15 is 0 Å². The number of nitrogens with zero attached hydrogens (tertiary/aromatic N) is 2. The Morgan fingerprint density at radius 1 is 1.73 bits per heavy atom. The molecule has 84 valence electrons. The van der Waals surface area contributed by atoms with Crippen LogP contribution in [-0.4, -0.2) is 35.9 Å². The first-order valence-electron chi connectivity index (χ1n) is 5.52. The van der Waals surface area contributed by atoms with E-state index in [1.54, 1.807) is 0 Å². The highest BCUT2D eigenvalue weighted by atomic mass is 16.5. The SMILES string of the molecule is CNC(Cc1nccn1C)C1CCOC1. The lowest BCUT2D eigenvalue weighted by Gasteiger charge is -2.21. The Morgan fingerprint density at radius 3 is 3.13 bits per heavy atom. The monoisotopic (exact) mass is 209 g/mol. The molecule has 2 rings (SSSR count). The summed E-state index contributed by atoms with van der Waals surface area (Å²) in [4.78, 5) is 4.36. The smallest absolute Gasteiger partial charge is 0.109 e. The molecular weight excluding hydrogens is 190 g/mol. The van der Waals surface area contributed by atoms with Crippen molar-refractivity contribution in [2.45, 2.75) is 18.9 Å². The number of ether oxygens (including phenoxy) is 1. The molecule has 0 spiro atoms. The summed E-state index contributed by atoms with van der Waals surface area (Å²) >= 11 is 0. The fourth-order valence-corrected chi connectivity index (χ4v) is 2.16. The molecule has 1 saturated heterocycles. The molecule has 2 unspecified atom stereocenters. The van der Waals surface area contributed by atoms with Gasteiger partial charge in [0.2, 0.25) is 0 Å². The summed E-state index contributed by atoms with van der Waals surface area (Å²) in [5.74, 6) is 1.77. The molecule has 0 saturated carbocycles. The van der Waals surface area contributed by atoms with Gasteiger partial charge in [-0.1, -0.05) is 0 Å². The first-order valence-corrected chi connectivity index (χ1v) is 5.52. The normalized spacial score (nSPS) is 23.2. The summed E-state index contributed by atoms with van der Waals surface area (Å²) in [7, 11) is 4.06. The predicted octanol–water partition coefficient (Wildman–Crippen LogP) is 0.587. The molecule has 15 heavy (non-hydrogen) atoms. The average Bonchev–Trinajstić information content (AvgIpc) is 2.86. The van der Waals surface area contributed by atoms with Crippen LogP contribution in [-0.2, 0) is 18.2 Å². The van der Waals surface area contributed by atoms with Gasteiger partial charge in [0, 0.05) is 44.4 Å². The summed E-state index contributed by atoms with van der Waals surface area (Å²) in [6.45, 7) is 1.79. The number of aromatic nitrogens is 2. The van der Waals surface area contributed by atoms with Crippen LogP contribution in [0.25, 0.3) is 0 Å². The minimum atomic E-state index is 0.480. The molecule has 1 fully saturated rings. The van der Waals surface area contributed by atoms with Crippen LogP contribution >= 0.6 is 0 Å². The van der Waals surface area contributed by atoms with E-state index < -0.39 is 0 Å². The Bertz CT molecular complexity index is 305. The lowest BCUT2D eigenvalue weighted by atomic mass is 9.96. The van der Waals surface area contributed by atoms with Crippen molar-refractivity contribution in [2.75, 3.05) is 20.3 Å². The van der Waals surface area contributed by atoms with Gasteiger partial charge in [-0.15, -0.1) is 0 Å². The van der Waals surface area contributed by atoms with Gasteiger partial charge in [0.1, 0.15) is 5.82 Å². The number of imidazole rings is 1. The Kier molecular flexibility index (Phi) is 3.38. The van der Waals surface area contributed by atoms with Crippen LogP contribution in [0.4, 0.5) is 0 Å². The van der Waals surface area contributed by atoms with Crippen LogP contribution in [0.1, 0.15) is 12.2 Å². The number of rotatable bonds is 4. The predicted molar refractivity (Wildman–Crippen MR) is 58.7 cm³/mol. The molecule has 0 radical (unpaired) electrons. The van der Waals surface area contributed by atoms with Crippen molar-refractivity contribution in [2.24, 2.45) is 13.0 Å². The summed E-state index contributed by atoms with van der Waals surface area (Å²) in [5, 5.41) is 3.38. The first kappa shape index (κ1) is 10.6. The standard InChI is InChI=1S/C11H19N3O/c1-12-10(9-3-6-15-8-9)7-11-13-4-5-14(11)2/h4-5,9-10,12H,3,6-8H2,1-2H3. The molecule has 0 bridgehead atoms. The van der Waals surface area contributed by atoms with Gasteiger partial charge in [-0.05, 0) is 13.5 Å². The maximum absolute atomic E-state index is 5.42. The molecule has 1 N–H and O–H groups in total. The highest BCUT2D eigenvalue weighted by Gasteiger charge is 2.25. The third kappa shape index (κ3) is 2.38. The molecule has 1 aromatic rings. The molecule has 0 aliphatic carbocycles. The lowest BCUT2D eigenvalue weighted by Crippen LogP contribution is -2.36. The molecule has 1 aliphatic rings. The Hall–Kier alpha value is -0.870. The van der Waals surface area contributed by atoms with Gasteiger partial charge in [0.05, 0.1) is 6.61 Å². The number of hydrogen-bond donors (Lipinski definition) is 1. The highest BCUT2D eigenvalue weighted by molar-refractivity contribution is 4.96. The molecule has 4 nitrogen and oxygen atoms in total. The third-order valence-corrected chi connectivity index (χ3v) is 3.23. The maximum atomic E-state index is 5.42. The van der Waals surface area contributed by atoms with Crippen LogP contribution < -0.4 is 5.32 Å². The minimum Gasteiger partial charge on any atom is -0.381 e. The summed E-state index contributed by atoms with van der Waals surface area (Å²) in [5.41, 5.74) is 0. The zero-order chi connectivity index (χ0) is 10.7. The van der Waals surface area contributed by atoms with Crippen LogP contribution in [0.2, 0.25) is 0 Å². The fraction of sp³-hybridized carbons (Fsp3) is 0.727. The second kappa shape index (κ2) is 4.77. The molecular formula is C11H19N3O.